The molecule has 114 valence electrons. The van der Waals surface area contributed by atoms with Crippen LogP contribution in [0.4, 0.5) is 0 Å². The maximum atomic E-state index is 11.8. The molecule has 1 N–H and O–H groups in total. The number of rotatable bonds is 6. The van der Waals surface area contributed by atoms with Crippen molar-refractivity contribution in [3.63, 3.8) is 0 Å². The maximum absolute atomic E-state index is 11.8. The van der Waals surface area contributed by atoms with Gasteiger partial charge in [0.25, 0.3) is 0 Å². The van der Waals surface area contributed by atoms with Crippen molar-refractivity contribution in [3.8, 4) is 0 Å². The highest BCUT2D eigenvalue weighted by atomic mass is 16.5. The van der Waals surface area contributed by atoms with Gasteiger partial charge in [-0.3, -0.25) is 9.59 Å². The monoisotopic (exact) mass is 282 g/mol. The third-order valence-electron chi connectivity index (χ3n) is 4.18. The molecule has 0 bridgehead atoms. The summed E-state index contributed by atoms with van der Waals surface area (Å²) >= 11 is 0. The lowest BCUT2D eigenvalue weighted by Gasteiger charge is -2.20. The first kappa shape index (κ1) is 15.3. The summed E-state index contributed by atoms with van der Waals surface area (Å²) in [5.74, 6) is 0.863. The Balaban J connectivity index is 1.57. The fourth-order valence-electron chi connectivity index (χ4n) is 2.83. The molecule has 5 heteroatoms. The lowest BCUT2D eigenvalue weighted by atomic mass is 10.1. The lowest BCUT2D eigenvalue weighted by Crippen LogP contribution is -2.35. The Hall–Kier alpha value is -1.10. The molecule has 2 aliphatic rings. The molecular formula is C15H26N2O3. The summed E-state index contributed by atoms with van der Waals surface area (Å²) in [7, 11) is 0. The van der Waals surface area contributed by atoms with E-state index in [1.165, 1.54) is 0 Å². The Labute approximate surface area is 121 Å². The molecule has 0 radical (unpaired) electrons. The first-order valence-electron chi connectivity index (χ1n) is 7.88. The van der Waals surface area contributed by atoms with Gasteiger partial charge in [-0.1, -0.05) is 6.42 Å². The molecule has 0 aliphatic carbocycles. The molecule has 0 aromatic carbocycles. The number of nitrogens with one attached hydrogen (secondary N) is 1. The van der Waals surface area contributed by atoms with Gasteiger partial charge in [0.1, 0.15) is 0 Å². The zero-order valence-electron chi connectivity index (χ0n) is 12.2. The van der Waals surface area contributed by atoms with Crippen LogP contribution in [-0.2, 0) is 14.3 Å². The van der Waals surface area contributed by atoms with Gasteiger partial charge in [0.15, 0.2) is 0 Å². The average molecular weight is 282 g/mol. The number of ether oxygens (including phenoxy) is 1. The van der Waals surface area contributed by atoms with E-state index in [0.717, 1.165) is 58.4 Å². The highest BCUT2D eigenvalue weighted by Gasteiger charge is 2.18. The summed E-state index contributed by atoms with van der Waals surface area (Å²) in [6.07, 6.45) is 6.35. The fraction of sp³-hybridized carbons (Fsp3) is 0.867. The van der Waals surface area contributed by atoms with E-state index in [1.54, 1.807) is 0 Å². The number of nitrogens with zero attached hydrogens (tertiary/aromatic N) is 1. The number of carbonyl (C=O) groups excluding carboxylic acids is 2. The quantitative estimate of drug-likeness (QED) is 0.799. The summed E-state index contributed by atoms with van der Waals surface area (Å²) in [6, 6.07) is 0. The molecule has 0 aromatic heterocycles. The van der Waals surface area contributed by atoms with Crippen molar-refractivity contribution in [3.05, 3.63) is 0 Å². The van der Waals surface area contributed by atoms with Crippen molar-refractivity contribution in [2.45, 2.75) is 44.9 Å². The molecule has 0 aromatic rings. The first-order chi connectivity index (χ1) is 9.75. The van der Waals surface area contributed by atoms with Crippen LogP contribution in [0.15, 0.2) is 0 Å². The molecule has 2 saturated heterocycles. The third-order valence-corrected chi connectivity index (χ3v) is 4.18. The van der Waals surface area contributed by atoms with Crippen LogP contribution in [0.25, 0.3) is 0 Å². The van der Waals surface area contributed by atoms with Crippen LogP contribution in [-0.4, -0.2) is 49.6 Å². The Kier molecular flexibility index (Phi) is 6.30. The van der Waals surface area contributed by atoms with Crippen LogP contribution in [0.2, 0.25) is 0 Å². The number of hydrogen-bond acceptors (Lipinski definition) is 3. The van der Waals surface area contributed by atoms with Crippen molar-refractivity contribution >= 4 is 11.8 Å². The van der Waals surface area contributed by atoms with E-state index < -0.39 is 0 Å². The Bertz CT molecular complexity index is 327. The van der Waals surface area contributed by atoms with Crippen LogP contribution in [0, 0.1) is 5.92 Å². The van der Waals surface area contributed by atoms with Gasteiger partial charge in [-0.2, -0.15) is 0 Å². The van der Waals surface area contributed by atoms with Gasteiger partial charge in [0.2, 0.25) is 11.8 Å². The fourth-order valence-corrected chi connectivity index (χ4v) is 2.83. The predicted molar refractivity (Wildman–Crippen MR) is 76.2 cm³/mol. The van der Waals surface area contributed by atoms with Gasteiger partial charge >= 0.3 is 0 Å². The molecule has 2 amide bonds. The van der Waals surface area contributed by atoms with Crippen LogP contribution in [0.1, 0.15) is 44.9 Å². The van der Waals surface area contributed by atoms with Crippen molar-refractivity contribution in [2.75, 3.05) is 32.8 Å². The molecule has 2 aliphatic heterocycles. The molecule has 0 spiro atoms. The number of carbonyl (C=O) groups is 2. The highest BCUT2D eigenvalue weighted by molar-refractivity contribution is 5.79. The van der Waals surface area contributed by atoms with Gasteiger partial charge in [0.05, 0.1) is 0 Å². The summed E-state index contributed by atoms with van der Waals surface area (Å²) in [5.41, 5.74) is 0. The van der Waals surface area contributed by atoms with Crippen LogP contribution in [0.3, 0.4) is 0 Å². The zero-order chi connectivity index (χ0) is 14.2. The largest absolute Gasteiger partial charge is 0.381 e. The molecule has 2 rings (SSSR count). The summed E-state index contributed by atoms with van der Waals surface area (Å²) < 4.78 is 5.31. The van der Waals surface area contributed by atoms with E-state index in [9.17, 15) is 9.59 Å². The van der Waals surface area contributed by atoms with Crippen molar-refractivity contribution < 1.29 is 14.3 Å². The summed E-state index contributed by atoms with van der Waals surface area (Å²) in [5, 5.41) is 2.95. The van der Waals surface area contributed by atoms with Gasteiger partial charge in [-0.15, -0.1) is 0 Å². The summed E-state index contributed by atoms with van der Waals surface area (Å²) in [4.78, 5) is 25.4. The molecule has 2 fully saturated rings. The Morgan fingerprint density at radius 1 is 1.35 bits per heavy atom. The Morgan fingerprint density at radius 3 is 3.05 bits per heavy atom. The van der Waals surface area contributed by atoms with E-state index in [4.69, 9.17) is 4.74 Å². The minimum absolute atomic E-state index is 0.0564. The SMILES string of the molecule is O=C(CCN1CCCCCC1=O)NCC[C@H]1CCOC1. The number of amides is 2. The molecular weight excluding hydrogens is 256 g/mol. The number of hydrogen-bond donors (Lipinski definition) is 1. The highest BCUT2D eigenvalue weighted by Crippen LogP contribution is 2.15. The molecule has 20 heavy (non-hydrogen) atoms. The summed E-state index contributed by atoms with van der Waals surface area (Å²) in [6.45, 7) is 3.79. The Morgan fingerprint density at radius 2 is 2.25 bits per heavy atom. The molecule has 0 saturated carbocycles. The standard InChI is InChI=1S/C15H26N2O3/c18-14(16-8-5-13-7-11-20-12-13)6-10-17-9-3-1-2-4-15(17)19/h13H,1-12H2,(H,16,18)/t13-/m0/s1. The minimum atomic E-state index is 0.0564. The smallest absolute Gasteiger partial charge is 0.222 e. The molecule has 2 heterocycles. The van der Waals surface area contributed by atoms with Crippen LogP contribution >= 0.6 is 0 Å². The maximum Gasteiger partial charge on any atom is 0.222 e. The predicted octanol–water partition coefficient (Wildman–Crippen LogP) is 1.32. The average Bonchev–Trinajstić information content (AvgIpc) is 2.86. The van der Waals surface area contributed by atoms with Gasteiger partial charge < -0.3 is 15.0 Å². The second-order valence-corrected chi connectivity index (χ2v) is 5.81. The van der Waals surface area contributed by atoms with Gasteiger partial charge in [-0.05, 0) is 31.6 Å². The van der Waals surface area contributed by atoms with Crippen molar-refractivity contribution in [2.24, 2.45) is 5.92 Å². The van der Waals surface area contributed by atoms with E-state index >= 15 is 0 Å². The second-order valence-electron chi connectivity index (χ2n) is 5.81. The lowest BCUT2D eigenvalue weighted by molar-refractivity contribution is -0.131. The van der Waals surface area contributed by atoms with Crippen molar-refractivity contribution in [1.29, 1.82) is 0 Å². The molecule has 0 unspecified atom stereocenters. The van der Waals surface area contributed by atoms with E-state index in [2.05, 4.69) is 5.32 Å². The van der Waals surface area contributed by atoms with Gasteiger partial charge in [0, 0.05) is 45.7 Å². The van der Waals surface area contributed by atoms with Crippen LogP contribution < -0.4 is 5.32 Å². The van der Waals surface area contributed by atoms with E-state index in [-0.39, 0.29) is 11.8 Å². The topological polar surface area (TPSA) is 58.6 Å². The molecule has 1 atom stereocenters. The van der Waals surface area contributed by atoms with Crippen LogP contribution in [0.5, 0.6) is 0 Å². The van der Waals surface area contributed by atoms with Crippen molar-refractivity contribution in [1.82, 2.24) is 10.2 Å². The van der Waals surface area contributed by atoms with E-state index in [1.807, 2.05) is 4.90 Å². The first-order valence-corrected chi connectivity index (χ1v) is 7.88. The minimum Gasteiger partial charge on any atom is -0.381 e. The third kappa shape index (κ3) is 5.12. The molecule has 5 nitrogen and oxygen atoms in total. The number of likely N-dealkylation sites (tertiary alicyclic amines) is 1. The zero-order valence-corrected chi connectivity index (χ0v) is 12.2. The second kappa shape index (κ2) is 8.25. The van der Waals surface area contributed by atoms with Gasteiger partial charge in [-0.25, -0.2) is 0 Å². The normalized spacial score (nSPS) is 23.7. The van der Waals surface area contributed by atoms with E-state index in [0.29, 0.717) is 25.3 Å².